The molecule has 2 aromatic rings. The van der Waals surface area contributed by atoms with Crippen molar-refractivity contribution in [3.63, 3.8) is 0 Å². The molecule has 0 aromatic heterocycles. The molecule has 0 aliphatic carbocycles. The van der Waals surface area contributed by atoms with E-state index < -0.39 is 10.0 Å². The van der Waals surface area contributed by atoms with Crippen molar-refractivity contribution in [3.8, 4) is 0 Å². The lowest BCUT2D eigenvalue weighted by Crippen LogP contribution is -2.37. The van der Waals surface area contributed by atoms with E-state index in [2.05, 4.69) is 5.32 Å². The van der Waals surface area contributed by atoms with E-state index in [9.17, 15) is 13.2 Å². The highest BCUT2D eigenvalue weighted by Crippen LogP contribution is 2.25. The van der Waals surface area contributed by atoms with Crippen LogP contribution >= 0.6 is 0 Å². The van der Waals surface area contributed by atoms with E-state index in [-0.39, 0.29) is 11.7 Å². The molecular weight excluding hydrogens is 360 g/mol. The second-order valence-electron chi connectivity index (χ2n) is 7.16. The normalized spacial score (nSPS) is 14.6. The summed E-state index contributed by atoms with van der Waals surface area (Å²) in [5, 5.41) is 2.95. The Bertz CT molecular complexity index is 967. The third-order valence-electron chi connectivity index (χ3n) is 4.93. The van der Waals surface area contributed by atoms with Crippen LogP contribution in [0.15, 0.2) is 36.4 Å². The molecule has 0 spiro atoms. The summed E-state index contributed by atoms with van der Waals surface area (Å²) in [5.41, 5.74) is 5.40. The Morgan fingerprint density at radius 2 is 1.89 bits per heavy atom. The number of carbonyl (C=O) groups is 1. The number of hydrogen-bond acceptors (Lipinski definition) is 3. The van der Waals surface area contributed by atoms with Crippen molar-refractivity contribution in [2.45, 2.75) is 40.2 Å². The second-order valence-corrected chi connectivity index (χ2v) is 9.24. The summed E-state index contributed by atoms with van der Waals surface area (Å²) in [6.07, 6.45) is 1.31. The van der Waals surface area contributed by atoms with Crippen molar-refractivity contribution < 1.29 is 13.2 Å². The molecule has 1 amide bonds. The van der Waals surface area contributed by atoms with Crippen LogP contribution < -0.4 is 5.32 Å². The molecule has 1 heterocycles. The lowest BCUT2D eigenvalue weighted by Gasteiger charge is -2.28. The van der Waals surface area contributed by atoms with Gasteiger partial charge in [-0.1, -0.05) is 30.7 Å². The molecule has 6 heteroatoms. The van der Waals surface area contributed by atoms with Gasteiger partial charge >= 0.3 is 0 Å². The Morgan fingerprint density at radius 3 is 2.63 bits per heavy atom. The first kappa shape index (κ1) is 19.6. The quantitative estimate of drug-likeness (QED) is 0.853. The Kier molecular flexibility index (Phi) is 5.67. The maximum absolute atomic E-state index is 12.6. The molecule has 0 radical (unpaired) electrons. The van der Waals surface area contributed by atoms with Gasteiger partial charge in [0, 0.05) is 24.3 Å². The fourth-order valence-electron chi connectivity index (χ4n) is 3.41. The molecule has 1 aliphatic rings. The maximum atomic E-state index is 12.6. The van der Waals surface area contributed by atoms with Gasteiger partial charge in [0.15, 0.2) is 0 Å². The molecular formula is C21H26N2O3S. The van der Waals surface area contributed by atoms with Gasteiger partial charge in [0.1, 0.15) is 0 Å². The smallest absolute Gasteiger partial charge is 0.255 e. The standard InChI is InChI=1S/C21H26N2O3S/c1-4-11-27(25,26)23-10-9-17-7-8-19(13-18(17)14-23)22-21(24)20-12-15(2)5-6-16(20)3/h5-8,12-13H,4,9-11,14H2,1-3H3,(H,22,24). The number of anilines is 1. The van der Waals surface area contributed by atoms with Gasteiger partial charge in [-0.3, -0.25) is 4.79 Å². The molecule has 0 bridgehead atoms. The fraction of sp³-hybridized carbons (Fsp3) is 0.381. The van der Waals surface area contributed by atoms with Crippen molar-refractivity contribution in [2.24, 2.45) is 0 Å². The number of hydrogen-bond donors (Lipinski definition) is 1. The monoisotopic (exact) mass is 386 g/mol. The first-order valence-corrected chi connectivity index (χ1v) is 10.9. The predicted octanol–water partition coefficient (Wildman–Crippen LogP) is 3.65. The van der Waals surface area contributed by atoms with Gasteiger partial charge in [0.2, 0.25) is 10.0 Å². The van der Waals surface area contributed by atoms with Gasteiger partial charge in [-0.15, -0.1) is 0 Å². The third-order valence-corrected chi connectivity index (χ3v) is 6.96. The predicted molar refractivity (Wildman–Crippen MR) is 109 cm³/mol. The number of nitrogens with one attached hydrogen (secondary N) is 1. The van der Waals surface area contributed by atoms with Crippen molar-refractivity contribution in [1.82, 2.24) is 4.31 Å². The van der Waals surface area contributed by atoms with Crippen LogP contribution in [0.4, 0.5) is 5.69 Å². The lowest BCUT2D eigenvalue weighted by atomic mass is 10.00. The molecule has 5 nitrogen and oxygen atoms in total. The first-order valence-electron chi connectivity index (χ1n) is 9.28. The third kappa shape index (κ3) is 4.39. The molecule has 0 atom stereocenters. The highest BCUT2D eigenvalue weighted by atomic mass is 32.2. The minimum Gasteiger partial charge on any atom is -0.322 e. The number of sulfonamides is 1. The minimum atomic E-state index is -3.22. The van der Waals surface area contributed by atoms with Crippen molar-refractivity contribution in [2.75, 3.05) is 17.6 Å². The molecule has 1 N–H and O–H groups in total. The molecule has 1 aliphatic heterocycles. The number of carbonyl (C=O) groups excluding carboxylic acids is 1. The summed E-state index contributed by atoms with van der Waals surface area (Å²) >= 11 is 0. The molecule has 144 valence electrons. The highest BCUT2D eigenvalue weighted by Gasteiger charge is 2.26. The minimum absolute atomic E-state index is 0.151. The second kappa shape index (κ2) is 7.82. The van der Waals surface area contributed by atoms with E-state index in [0.717, 1.165) is 22.3 Å². The molecule has 0 unspecified atom stereocenters. The summed E-state index contributed by atoms with van der Waals surface area (Å²) in [7, 11) is -3.22. The Balaban J connectivity index is 1.80. The Labute approximate surface area is 161 Å². The average molecular weight is 387 g/mol. The summed E-state index contributed by atoms with van der Waals surface area (Å²) in [4.78, 5) is 12.6. The van der Waals surface area contributed by atoms with Crippen molar-refractivity contribution in [3.05, 3.63) is 64.2 Å². The van der Waals surface area contributed by atoms with Gasteiger partial charge in [-0.25, -0.2) is 8.42 Å². The van der Waals surface area contributed by atoms with Gasteiger partial charge in [-0.05, 0) is 61.6 Å². The Morgan fingerprint density at radius 1 is 1.11 bits per heavy atom. The fourth-order valence-corrected chi connectivity index (χ4v) is 4.89. The van der Waals surface area contributed by atoms with Crippen LogP contribution in [0.25, 0.3) is 0 Å². The Hall–Kier alpha value is -2.18. The summed E-state index contributed by atoms with van der Waals surface area (Å²) < 4.78 is 26.3. The first-order chi connectivity index (χ1) is 12.8. The van der Waals surface area contributed by atoms with Crippen LogP contribution in [0, 0.1) is 13.8 Å². The zero-order chi connectivity index (χ0) is 19.6. The van der Waals surface area contributed by atoms with Crippen LogP contribution in [0.3, 0.4) is 0 Å². The zero-order valence-corrected chi connectivity index (χ0v) is 16.9. The van der Waals surface area contributed by atoms with Crippen LogP contribution in [-0.2, 0) is 23.0 Å². The molecule has 0 fully saturated rings. The number of fused-ring (bicyclic) bond motifs is 1. The molecule has 3 rings (SSSR count). The molecule has 0 saturated carbocycles. The molecule has 27 heavy (non-hydrogen) atoms. The maximum Gasteiger partial charge on any atom is 0.255 e. The number of amides is 1. The van der Waals surface area contributed by atoms with E-state index >= 15 is 0 Å². The van der Waals surface area contributed by atoms with E-state index in [1.807, 2.05) is 57.2 Å². The van der Waals surface area contributed by atoms with Gasteiger partial charge in [-0.2, -0.15) is 4.31 Å². The van der Waals surface area contributed by atoms with Gasteiger partial charge < -0.3 is 5.32 Å². The number of nitrogens with zero attached hydrogens (tertiary/aromatic N) is 1. The molecule has 2 aromatic carbocycles. The SMILES string of the molecule is CCCS(=O)(=O)N1CCc2ccc(NC(=O)c3cc(C)ccc3C)cc2C1. The number of benzene rings is 2. The number of aryl methyl sites for hydroxylation is 2. The summed E-state index contributed by atoms with van der Waals surface area (Å²) in [6, 6.07) is 11.6. The van der Waals surface area contributed by atoms with E-state index in [4.69, 9.17) is 0 Å². The van der Waals surface area contributed by atoms with Crippen LogP contribution in [0.5, 0.6) is 0 Å². The van der Waals surface area contributed by atoms with Gasteiger partial charge in [0.05, 0.1) is 5.75 Å². The lowest BCUT2D eigenvalue weighted by molar-refractivity contribution is 0.102. The van der Waals surface area contributed by atoms with E-state index in [1.54, 1.807) is 4.31 Å². The average Bonchev–Trinajstić information content (AvgIpc) is 2.63. The summed E-state index contributed by atoms with van der Waals surface area (Å²) in [5.74, 6) is 0.0215. The highest BCUT2D eigenvalue weighted by molar-refractivity contribution is 7.89. The zero-order valence-electron chi connectivity index (χ0n) is 16.1. The van der Waals surface area contributed by atoms with Crippen molar-refractivity contribution >= 4 is 21.6 Å². The van der Waals surface area contributed by atoms with Crippen LogP contribution in [-0.4, -0.2) is 30.9 Å². The number of rotatable bonds is 5. The largest absolute Gasteiger partial charge is 0.322 e. The van der Waals surface area contributed by atoms with Crippen molar-refractivity contribution in [1.29, 1.82) is 0 Å². The van der Waals surface area contributed by atoms with E-state index in [1.165, 1.54) is 0 Å². The topological polar surface area (TPSA) is 66.5 Å². The summed E-state index contributed by atoms with van der Waals surface area (Å²) in [6.45, 7) is 6.63. The molecule has 0 saturated heterocycles. The van der Waals surface area contributed by atoms with Crippen LogP contribution in [0.2, 0.25) is 0 Å². The van der Waals surface area contributed by atoms with E-state index in [0.29, 0.717) is 37.2 Å². The van der Waals surface area contributed by atoms with Gasteiger partial charge in [0.25, 0.3) is 5.91 Å². The van der Waals surface area contributed by atoms with Crippen LogP contribution in [0.1, 0.15) is 46.0 Å².